The van der Waals surface area contributed by atoms with E-state index in [9.17, 15) is 4.79 Å². The van der Waals surface area contributed by atoms with Crippen LogP contribution in [0.25, 0.3) is 5.69 Å². The third-order valence-corrected chi connectivity index (χ3v) is 4.53. The topological polar surface area (TPSA) is 90.5 Å². The minimum absolute atomic E-state index is 0.225. The fraction of sp³-hybridized carbons (Fsp3) is 0.353. The number of nitrogens with zero attached hydrogens (tertiary/aromatic N) is 6. The van der Waals surface area contributed by atoms with E-state index in [4.69, 9.17) is 0 Å². The molecule has 0 saturated heterocycles. The second-order valence-electron chi connectivity index (χ2n) is 6.21. The van der Waals surface area contributed by atoms with Crippen molar-refractivity contribution < 1.29 is 4.79 Å². The third kappa shape index (κ3) is 3.42. The van der Waals surface area contributed by atoms with Crippen LogP contribution in [0, 0.1) is 0 Å². The van der Waals surface area contributed by atoms with Crippen molar-refractivity contribution >= 4 is 11.9 Å². The van der Waals surface area contributed by atoms with Crippen LogP contribution in [0.4, 0.5) is 5.95 Å². The molecule has 1 N–H and O–H groups in total. The molecule has 1 saturated carbocycles. The average molecular weight is 337 g/mol. The normalized spacial score (nSPS) is 15.2. The second-order valence-corrected chi connectivity index (χ2v) is 6.21. The van der Waals surface area contributed by atoms with Crippen LogP contribution >= 0.6 is 0 Å². The van der Waals surface area contributed by atoms with Gasteiger partial charge in [-0.2, -0.15) is 0 Å². The Labute approximate surface area is 144 Å². The Morgan fingerprint density at radius 2 is 1.72 bits per heavy atom. The number of hydrogen-bond donors (Lipinski definition) is 1. The zero-order valence-corrected chi connectivity index (χ0v) is 13.7. The van der Waals surface area contributed by atoms with Gasteiger partial charge in [0.25, 0.3) is 5.91 Å². The van der Waals surface area contributed by atoms with Crippen LogP contribution in [-0.4, -0.2) is 35.4 Å². The van der Waals surface area contributed by atoms with E-state index in [2.05, 4.69) is 25.6 Å². The van der Waals surface area contributed by atoms with E-state index < -0.39 is 0 Å². The van der Waals surface area contributed by atoms with Crippen LogP contribution in [0.1, 0.15) is 48.5 Å². The van der Waals surface area contributed by atoms with Crippen molar-refractivity contribution in [3.8, 4) is 5.69 Å². The van der Waals surface area contributed by atoms with Gasteiger partial charge < -0.3 is 0 Å². The highest BCUT2D eigenvalue weighted by Gasteiger charge is 2.17. The Morgan fingerprint density at radius 1 is 1.00 bits per heavy atom. The van der Waals surface area contributed by atoms with Gasteiger partial charge in [0.2, 0.25) is 5.95 Å². The van der Waals surface area contributed by atoms with Crippen molar-refractivity contribution in [3.05, 3.63) is 48.8 Å². The Morgan fingerprint density at radius 3 is 2.44 bits per heavy atom. The number of nitrogens with one attached hydrogen (secondary N) is 1. The number of aromatic nitrogens is 6. The predicted molar refractivity (Wildman–Crippen MR) is 91.5 cm³/mol. The fourth-order valence-corrected chi connectivity index (χ4v) is 3.15. The standard InChI is InChI=1S/C17H19N7O/c25-16(13-6-8-14(9-7-13)23-11-19-20-12-23)21-17-18-10-24(22-17)15-4-2-1-3-5-15/h6-12,15H,1-5H2,(H,21,22,25). The molecule has 1 aromatic carbocycles. The molecule has 0 aliphatic heterocycles. The van der Waals surface area contributed by atoms with Crippen molar-refractivity contribution in [1.29, 1.82) is 0 Å². The van der Waals surface area contributed by atoms with E-state index in [1.54, 1.807) is 35.7 Å². The molecule has 25 heavy (non-hydrogen) atoms. The summed E-state index contributed by atoms with van der Waals surface area (Å²) in [7, 11) is 0. The van der Waals surface area contributed by atoms with E-state index in [0.717, 1.165) is 18.5 Å². The van der Waals surface area contributed by atoms with Crippen LogP contribution < -0.4 is 5.32 Å². The number of carbonyl (C=O) groups is 1. The van der Waals surface area contributed by atoms with Gasteiger partial charge in [0.1, 0.15) is 19.0 Å². The zero-order chi connectivity index (χ0) is 17.1. The zero-order valence-electron chi connectivity index (χ0n) is 13.7. The first kappa shape index (κ1) is 15.5. The molecule has 3 aromatic rings. The van der Waals surface area contributed by atoms with Crippen LogP contribution in [0.2, 0.25) is 0 Å². The Balaban J connectivity index is 1.42. The summed E-state index contributed by atoms with van der Waals surface area (Å²) in [6, 6.07) is 7.58. The lowest BCUT2D eigenvalue weighted by molar-refractivity contribution is 0.102. The summed E-state index contributed by atoms with van der Waals surface area (Å²) in [5, 5.41) is 14.7. The molecule has 4 rings (SSSR count). The molecule has 1 aliphatic rings. The summed E-state index contributed by atoms with van der Waals surface area (Å²) in [6.07, 6.45) is 10.9. The molecule has 2 heterocycles. The first-order valence-electron chi connectivity index (χ1n) is 8.47. The Hall–Kier alpha value is -3.03. The van der Waals surface area contributed by atoms with Gasteiger partial charge in [0, 0.05) is 11.3 Å². The molecule has 2 aromatic heterocycles. The number of anilines is 1. The van der Waals surface area contributed by atoms with Gasteiger partial charge in [-0.05, 0) is 37.1 Å². The quantitative estimate of drug-likeness (QED) is 0.790. The van der Waals surface area contributed by atoms with Crippen molar-refractivity contribution in [1.82, 2.24) is 29.5 Å². The summed E-state index contributed by atoms with van der Waals surface area (Å²) in [6.45, 7) is 0. The maximum absolute atomic E-state index is 12.4. The van der Waals surface area contributed by atoms with E-state index in [0.29, 0.717) is 17.6 Å². The molecule has 1 aliphatic carbocycles. The second kappa shape index (κ2) is 6.84. The molecule has 1 amide bonds. The van der Waals surface area contributed by atoms with Crippen LogP contribution in [0.5, 0.6) is 0 Å². The van der Waals surface area contributed by atoms with Gasteiger partial charge in [-0.1, -0.05) is 19.3 Å². The van der Waals surface area contributed by atoms with Gasteiger partial charge in [-0.25, -0.2) is 9.67 Å². The lowest BCUT2D eigenvalue weighted by Crippen LogP contribution is -2.15. The molecular formula is C17H19N7O. The highest BCUT2D eigenvalue weighted by atomic mass is 16.1. The lowest BCUT2D eigenvalue weighted by atomic mass is 9.96. The summed E-state index contributed by atoms with van der Waals surface area (Å²) in [5.41, 5.74) is 1.44. The summed E-state index contributed by atoms with van der Waals surface area (Å²) in [5.74, 6) is 0.121. The number of benzene rings is 1. The lowest BCUT2D eigenvalue weighted by Gasteiger charge is -2.21. The first-order valence-corrected chi connectivity index (χ1v) is 8.47. The maximum atomic E-state index is 12.4. The third-order valence-electron chi connectivity index (χ3n) is 4.53. The molecule has 0 radical (unpaired) electrons. The van der Waals surface area contributed by atoms with E-state index in [1.165, 1.54) is 19.3 Å². The SMILES string of the molecule is O=C(Nc1ncn(C2CCCCC2)n1)c1ccc(-n2cnnc2)cc1. The van der Waals surface area contributed by atoms with Crippen molar-refractivity contribution in [3.63, 3.8) is 0 Å². The van der Waals surface area contributed by atoms with E-state index >= 15 is 0 Å². The summed E-state index contributed by atoms with van der Waals surface area (Å²) >= 11 is 0. The molecule has 8 nitrogen and oxygen atoms in total. The van der Waals surface area contributed by atoms with Crippen LogP contribution in [0.15, 0.2) is 43.2 Å². The van der Waals surface area contributed by atoms with Gasteiger partial charge in [0.05, 0.1) is 6.04 Å². The molecule has 0 atom stereocenters. The number of carbonyl (C=O) groups excluding carboxylic acids is 1. The highest BCUT2D eigenvalue weighted by molar-refractivity contribution is 6.03. The molecule has 128 valence electrons. The largest absolute Gasteiger partial charge is 0.289 e. The van der Waals surface area contributed by atoms with Gasteiger partial charge in [0.15, 0.2) is 0 Å². The summed E-state index contributed by atoms with van der Waals surface area (Å²) < 4.78 is 3.65. The van der Waals surface area contributed by atoms with Crippen LogP contribution in [0.3, 0.4) is 0 Å². The van der Waals surface area contributed by atoms with Crippen molar-refractivity contribution in [2.75, 3.05) is 5.32 Å². The molecular weight excluding hydrogens is 318 g/mol. The molecule has 1 fully saturated rings. The smallest absolute Gasteiger partial charge is 0.258 e. The minimum atomic E-state index is -0.225. The monoisotopic (exact) mass is 337 g/mol. The molecule has 8 heteroatoms. The number of hydrogen-bond acceptors (Lipinski definition) is 5. The molecule has 0 spiro atoms. The number of rotatable bonds is 4. The minimum Gasteiger partial charge on any atom is -0.289 e. The van der Waals surface area contributed by atoms with Crippen molar-refractivity contribution in [2.24, 2.45) is 0 Å². The first-order chi connectivity index (χ1) is 12.3. The van der Waals surface area contributed by atoms with Gasteiger partial charge in [-0.3, -0.25) is 14.7 Å². The van der Waals surface area contributed by atoms with Gasteiger partial charge >= 0.3 is 0 Å². The molecule has 0 bridgehead atoms. The van der Waals surface area contributed by atoms with Crippen molar-refractivity contribution in [2.45, 2.75) is 38.1 Å². The average Bonchev–Trinajstić information content (AvgIpc) is 3.35. The fourth-order valence-electron chi connectivity index (χ4n) is 3.15. The number of amides is 1. The highest BCUT2D eigenvalue weighted by Crippen LogP contribution is 2.27. The predicted octanol–water partition coefficient (Wildman–Crippen LogP) is 2.62. The van der Waals surface area contributed by atoms with Crippen LogP contribution in [-0.2, 0) is 0 Å². The van der Waals surface area contributed by atoms with Gasteiger partial charge in [-0.15, -0.1) is 15.3 Å². The summed E-state index contributed by atoms with van der Waals surface area (Å²) in [4.78, 5) is 16.6. The maximum Gasteiger partial charge on any atom is 0.258 e. The Kier molecular flexibility index (Phi) is 4.24. The Bertz CT molecular complexity index is 832. The van der Waals surface area contributed by atoms with E-state index in [-0.39, 0.29) is 5.91 Å². The molecule has 0 unspecified atom stereocenters. The van der Waals surface area contributed by atoms with E-state index in [1.807, 2.05) is 16.8 Å².